The normalized spacial score (nSPS) is 27.5. The van der Waals surface area contributed by atoms with Crippen molar-refractivity contribution in [3.05, 3.63) is 0 Å². The van der Waals surface area contributed by atoms with Gasteiger partial charge in [0.2, 0.25) is 0 Å². The topological polar surface area (TPSA) is 59.1 Å². The minimum Gasteiger partial charge on any atom is -0.388 e. The van der Waals surface area contributed by atoms with Gasteiger partial charge in [-0.15, -0.1) is 0 Å². The zero-order chi connectivity index (χ0) is 10.4. The van der Waals surface area contributed by atoms with E-state index in [1.165, 1.54) is 32.1 Å². The maximum absolute atomic E-state index is 7.09. The number of ether oxygens (including phenoxy) is 1. The molecule has 1 rings (SSSR count). The van der Waals surface area contributed by atoms with Gasteiger partial charge in [-0.2, -0.15) is 0 Å². The standard InChI is InChI=1S/C11H22N2O/c1-2-9-4-3-5-10(8-9)14-7-6-11(12)13/h9-10H,2-8H2,1H3,(H3,12,13). The van der Waals surface area contributed by atoms with Crippen LogP contribution in [0.5, 0.6) is 0 Å². The Bertz CT molecular complexity index is 182. The molecule has 0 aromatic rings. The second kappa shape index (κ2) is 6.02. The van der Waals surface area contributed by atoms with Crippen LogP contribution in [0.3, 0.4) is 0 Å². The van der Waals surface area contributed by atoms with Crippen molar-refractivity contribution in [2.45, 2.75) is 51.6 Å². The van der Waals surface area contributed by atoms with Crippen molar-refractivity contribution in [3.63, 3.8) is 0 Å². The number of rotatable bonds is 5. The lowest BCUT2D eigenvalue weighted by Crippen LogP contribution is -2.24. The summed E-state index contributed by atoms with van der Waals surface area (Å²) in [6.07, 6.45) is 7.32. The predicted octanol–water partition coefficient (Wildman–Crippen LogP) is 2.30. The average Bonchev–Trinajstić information content (AvgIpc) is 2.18. The summed E-state index contributed by atoms with van der Waals surface area (Å²) in [5.41, 5.74) is 5.26. The van der Waals surface area contributed by atoms with Gasteiger partial charge in [0.05, 0.1) is 18.5 Å². The fourth-order valence-corrected chi connectivity index (χ4v) is 2.10. The summed E-state index contributed by atoms with van der Waals surface area (Å²) in [6.45, 7) is 2.87. The van der Waals surface area contributed by atoms with Gasteiger partial charge in [0.1, 0.15) is 0 Å². The van der Waals surface area contributed by atoms with Crippen molar-refractivity contribution < 1.29 is 4.74 Å². The third kappa shape index (κ3) is 4.09. The Morgan fingerprint density at radius 2 is 2.29 bits per heavy atom. The minimum absolute atomic E-state index is 0.229. The van der Waals surface area contributed by atoms with Gasteiger partial charge in [-0.3, -0.25) is 5.41 Å². The third-order valence-electron chi connectivity index (χ3n) is 3.04. The molecule has 82 valence electrons. The first kappa shape index (κ1) is 11.5. The van der Waals surface area contributed by atoms with Gasteiger partial charge in [0, 0.05) is 6.42 Å². The molecule has 0 heterocycles. The van der Waals surface area contributed by atoms with Crippen LogP contribution in [-0.4, -0.2) is 18.5 Å². The van der Waals surface area contributed by atoms with Crippen molar-refractivity contribution in [3.8, 4) is 0 Å². The first-order chi connectivity index (χ1) is 6.72. The van der Waals surface area contributed by atoms with E-state index in [9.17, 15) is 0 Å². The van der Waals surface area contributed by atoms with Crippen LogP contribution in [-0.2, 0) is 4.74 Å². The summed E-state index contributed by atoms with van der Waals surface area (Å²) >= 11 is 0. The molecule has 1 aliphatic carbocycles. The molecule has 0 amide bonds. The number of hydrogen-bond acceptors (Lipinski definition) is 2. The van der Waals surface area contributed by atoms with Crippen LogP contribution in [0.1, 0.15) is 45.4 Å². The molecular weight excluding hydrogens is 176 g/mol. The molecule has 3 heteroatoms. The Morgan fingerprint density at radius 3 is 2.93 bits per heavy atom. The maximum Gasteiger partial charge on any atom is 0.0928 e. The molecule has 1 aliphatic rings. The largest absolute Gasteiger partial charge is 0.388 e. The highest BCUT2D eigenvalue weighted by molar-refractivity contribution is 5.76. The van der Waals surface area contributed by atoms with Gasteiger partial charge in [0.25, 0.3) is 0 Å². The molecule has 2 atom stereocenters. The van der Waals surface area contributed by atoms with E-state index in [1.807, 2.05) is 0 Å². The number of nitrogens with one attached hydrogen (secondary N) is 1. The summed E-state index contributed by atoms with van der Waals surface area (Å²) in [7, 11) is 0. The van der Waals surface area contributed by atoms with E-state index in [1.54, 1.807) is 0 Å². The summed E-state index contributed by atoms with van der Waals surface area (Å²) in [6, 6.07) is 0. The molecule has 0 aromatic heterocycles. The second-order valence-electron chi connectivity index (χ2n) is 4.21. The van der Waals surface area contributed by atoms with E-state index < -0.39 is 0 Å². The summed E-state index contributed by atoms with van der Waals surface area (Å²) in [5.74, 6) is 1.08. The van der Waals surface area contributed by atoms with Crippen LogP contribution in [0, 0.1) is 11.3 Å². The Labute approximate surface area is 86.5 Å². The quantitative estimate of drug-likeness (QED) is 0.526. The molecule has 0 saturated heterocycles. The van der Waals surface area contributed by atoms with Crippen LogP contribution in [0.25, 0.3) is 0 Å². The fraction of sp³-hybridized carbons (Fsp3) is 0.909. The van der Waals surface area contributed by atoms with Crippen LogP contribution >= 0.6 is 0 Å². The molecule has 0 spiro atoms. The molecule has 0 aliphatic heterocycles. The van der Waals surface area contributed by atoms with Crippen LogP contribution in [0.4, 0.5) is 0 Å². The fourth-order valence-electron chi connectivity index (χ4n) is 2.10. The van der Waals surface area contributed by atoms with E-state index >= 15 is 0 Å². The van der Waals surface area contributed by atoms with E-state index in [4.69, 9.17) is 15.9 Å². The smallest absolute Gasteiger partial charge is 0.0928 e. The summed E-state index contributed by atoms with van der Waals surface area (Å²) < 4.78 is 5.70. The highest BCUT2D eigenvalue weighted by Gasteiger charge is 2.20. The average molecular weight is 198 g/mol. The van der Waals surface area contributed by atoms with E-state index in [-0.39, 0.29) is 5.84 Å². The SMILES string of the molecule is CCC1CCCC(OCCC(=N)N)C1. The van der Waals surface area contributed by atoms with Gasteiger partial charge >= 0.3 is 0 Å². The van der Waals surface area contributed by atoms with Gasteiger partial charge < -0.3 is 10.5 Å². The lowest BCUT2D eigenvalue weighted by molar-refractivity contribution is 0.0162. The number of hydrogen-bond donors (Lipinski definition) is 2. The van der Waals surface area contributed by atoms with Gasteiger partial charge in [-0.1, -0.05) is 26.2 Å². The van der Waals surface area contributed by atoms with E-state index in [2.05, 4.69) is 6.92 Å². The highest BCUT2D eigenvalue weighted by atomic mass is 16.5. The Hall–Kier alpha value is -0.570. The van der Waals surface area contributed by atoms with Crippen LogP contribution in [0.2, 0.25) is 0 Å². The van der Waals surface area contributed by atoms with Crippen molar-refractivity contribution in [2.75, 3.05) is 6.61 Å². The summed E-state index contributed by atoms with van der Waals surface area (Å²) in [4.78, 5) is 0. The molecule has 0 radical (unpaired) electrons. The van der Waals surface area contributed by atoms with Crippen molar-refractivity contribution in [1.82, 2.24) is 0 Å². The second-order valence-corrected chi connectivity index (χ2v) is 4.21. The van der Waals surface area contributed by atoms with Gasteiger partial charge in [-0.25, -0.2) is 0 Å². The van der Waals surface area contributed by atoms with E-state index in [0.717, 1.165) is 5.92 Å². The van der Waals surface area contributed by atoms with Crippen molar-refractivity contribution >= 4 is 5.84 Å². The van der Waals surface area contributed by atoms with Crippen molar-refractivity contribution in [2.24, 2.45) is 11.7 Å². The zero-order valence-corrected chi connectivity index (χ0v) is 9.09. The van der Waals surface area contributed by atoms with Gasteiger partial charge in [0.15, 0.2) is 0 Å². The first-order valence-corrected chi connectivity index (χ1v) is 5.66. The molecular formula is C11H22N2O. The molecule has 1 fully saturated rings. The Balaban J connectivity index is 2.14. The molecule has 3 N–H and O–H groups in total. The minimum atomic E-state index is 0.229. The number of amidine groups is 1. The Morgan fingerprint density at radius 1 is 1.50 bits per heavy atom. The number of nitrogens with two attached hydrogens (primary N) is 1. The Kier molecular flexibility index (Phi) is 4.94. The molecule has 3 nitrogen and oxygen atoms in total. The third-order valence-corrected chi connectivity index (χ3v) is 3.04. The zero-order valence-electron chi connectivity index (χ0n) is 9.09. The van der Waals surface area contributed by atoms with Crippen molar-refractivity contribution in [1.29, 1.82) is 5.41 Å². The lowest BCUT2D eigenvalue weighted by Gasteiger charge is -2.28. The molecule has 2 unspecified atom stereocenters. The molecule has 1 saturated carbocycles. The lowest BCUT2D eigenvalue weighted by atomic mass is 9.85. The maximum atomic E-state index is 7.09. The predicted molar refractivity (Wildman–Crippen MR) is 58.5 cm³/mol. The molecule has 14 heavy (non-hydrogen) atoms. The monoisotopic (exact) mass is 198 g/mol. The van der Waals surface area contributed by atoms with Gasteiger partial charge in [-0.05, 0) is 18.8 Å². The molecule has 0 bridgehead atoms. The van der Waals surface area contributed by atoms with Crippen LogP contribution < -0.4 is 5.73 Å². The first-order valence-electron chi connectivity index (χ1n) is 5.66. The van der Waals surface area contributed by atoms with E-state index in [0.29, 0.717) is 19.1 Å². The molecule has 0 aromatic carbocycles. The van der Waals surface area contributed by atoms with Crippen LogP contribution in [0.15, 0.2) is 0 Å². The highest BCUT2D eigenvalue weighted by Crippen LogP contribution is 2.28. The summed E-state index contributed by atoms with van der Waals surface area (Å²) in [5, 5.41) is 7.09.